The number of hydrogen-bond donors (Lipinski definition) is 2. The molecule has 0 aromatic heterocycles. The van der Waals surface area contributed by atoms with Crippen molar-refractivity contribution in [3.05, 3.63) is 53.6 Å². The molecule has 0 radical (unpaired) electrons. The van der Waals surface area contributed by atoms with Crippen molar-refractivity contribution in [1.82, 2.24) is 10.7 Å². The van der Waals surface area contributed by atoms with Gasteiger partial charge in [0, 0.05) is 0 Å². The predicted molar refractivity (Wildman–Crippen MR) is 98.0 cm³/mol. The van der Waals surface area contributed by atoms with E-state index in [1.807, 2.05) is 0 Å². The van der Waals surface area contributed by atoms with E-state index < -0.39 is 5.91 Å². The van der Waals surface area contributed by atoms with Crippen molar-refractivity contribution in [2.75, 3.05) is 20.4 Å². The molecule has 2 aromatic carbocycles. The van der Waals surface area contributed by atoms with Crippen LogP contribution in [0.2, 0.25) is 0 Å². The largest absolute Gasteiger partial charge is 0.497 e. The van der Waals surface area contributed by atoms with E-state index in [9.17, 15) is 9.59 Å². The third-order valence-corrected chi connectivity index (χ3v) is 3.77. The van der Waals surface area contributed by atoms with Gasteiger partial charge in [-0.25, -0.2) is 5.43 Å². The molecule has 0 bridgehead atoms. The van der Waals surface area contributed by atoms with Crippen molar-refractivity contribution in [2.45, 2.75) is 6.42 Å². The predicted octanol–water partition coefficient (Wildman–Crippen LogP) is 1.23. The molecule has 27 heavy (non-hydrogen) atoms. The molecule has 0 spiro atoms. The summed E-state index contributed by atoms with van der Waals surface area (Å²) in [7, 11) is 1.58. The Morgan fingerprint density at radius 2 is 1.89 bits per heavy atom. The maximum absolute atomic E-state index is 11.9. The molecule has 1 heterocycles. The second-order valence-corrected chi connectivity index (χ2v) is 5.71. The molecule has 0 fully saturated rings. The number of nitrogens with one attached hydrogen (secondary N) is 2. The van der Waals surface area contributed by atoms with Gasteiger partial charge in [0.05, 0.1) is 26.3 Å². The summed E-state index contributed by atoms with van der Waals surface area (Å²) in [5, 5.41) is 6.41. The highest BCUT2D eigenvalue weighted by Crippen LogP contribution is 2.31. The molecule has 8 heteroatoms. The second-order valence-electron chi connectivity index (χ2n) is 5.71. The average Bonchev–Trinajstić information content (AvgIpc) is 3.15. The van der Waals surface area contributed by atoms with E-state index >= 15 is 0 Å². The van der Waals surface area contributed by atoms with Gasteiger partial charge in [0.25, 0.3) is 5.91 Å². The summed E-state index contributed by atoms with van der Waals surface area (Å²) < 4.78 is 15.6. The monoisotopic (exact) mass is 369 g/mol. The number of hydrazone groups is 1. The normalized spacial score (nSPS) is 12.0. The van der Waals surface area contributed by atoms with Crippen LogP contribution in [0.5, 0.6) is 17.2 Å². The number of carbonyl (C=O) groups is 2. The van der Waals surface area contributed by atoms with E-state index in [0.717, 1.165) is 16.9 Å². The molecular formula is C19H19N3O5. The number of carbonyl (C=O) groups excluding carboxylic acids is 2. The molecule has 2 amide bonds. The molecule has 1 aliphatic heterocycles. The van der Waals surface area contributed by atoms with Crippen molar-refractivity contribution < 1.29 is 23.8 Å². The van der Waals surface area contributed by atoms with Crippen LogP contribution in [0.25, 0.3) is 0 Å². The lowest BCUT2D eigenvalue weighted by atomic mass is 10.1. The summed E-state index contributed by atoms with van der Waals surface area (Å²) in [6.07, 6.45) is 1.66. The molecule has 2 N–H and O–H groups in total. The van der Waals surface area contributed by atoms with E-state index in [1.165, 1.54) is 6.21 Å². The SMILES string of the molecule is COc1ccc(CC(=O)NCC(=O)NN=Cc2ccc3c(c2)OCO3)cc1. The Morgan fingerprint density at radius 3 is 2.67 bits per heavy atom. The van der Waals surface area contributed by atoms with Crippen LogP contribution in [0.15, 0.2) is 47.6 Å². The van der Waals surface area contributed by atoms with Crippen molar-refractivity contribution in [1.29, 1.82) is 0 Å². The van der Waals surface area contributed by atoms with Crippen molar-refractivity contribution in [2.24, 2.45) is 5.10 Å². The third kappa shape index (κ3) is 5.21. The highest BCUT2D eigenvalue weighted by molar-refractivity contribution is 5.87. The lowest BCUT2D eigenvalue weighted by Gasteiger charge is -2.05. The Hall–Kier alpha value is -3.55. The number of hydrogen-bond acceptors (Lipinski definition) is 6. The molecule has 0 aliphatic carbocycles. The van der Waals surface area contributed by atoms with E-state index in [4.69, 9.17) is 14.2 Å². The van der Waals surface area contributed by atoms with Crippen LogP contribution in [-0.4, -0.2) is 38.5 Å². The molecule has 140 valence electrons. The summed E-state index contributed by atoms with van der Waals surface area (Å²) in [6, 6.07) is 12.5. The standard InChI is InChI=1S/C19H19N3O5/c1-25-15-5-2-13(3-6-15)9-18(23)20-11-19(24)22-21-10-14-4-7-16-17(8-14)27-12-26-16/h2-8,10H,9,11-12H2,1H3,(H,20,23)(H,22,24). The molecule has 0 saturated carbocycles. The van der Waals surface area contributed by atoms with Gasteiger partial charge in [-0.2, -0.15) is 5.10 Å². The number of benzene rings is 2. The molecular weight excluding hydrogens is 350 g/mol. The van der Waals surface area contributed by atoms with Gasteiger partial charge in [-0.05, 0) is 41.5 Å². The van der Waals surface area contributed by atoms with Crippen LogP contribution in [0.3, 0.4) is 0 Å². The van der Waals surface area contributed by atoms with Gasteiger partial charge in [0.15, 0.2) is 11.5 Å². The highest BCUT2D eigenvalue weighted by Gasteiger charge is 2.12. The van der Waals surface area contributed by atoms with E-state index in [-0.39, 0.29) is 25.7 Å². The molecule has 0 atom stereocenters. The van der Waals surface area contributed by atoms with Gasteiger partial charge in [0.1, 0.15) is 5.75 Å². The maximum Gasteiger partial charge on any atom is 0.259 e. The first-order valence-electron chi connectivity index (χ1n) is 8.25. The fourth-order valence-corrected chi connectivity index (χ4v) is 2.38. The number of methoxy groups -OCH3 is 1. The first-order chi connectivity index (χ1) is 13.1. The van der Waals surface area contributed by atoms with Crippen LogP contribution in [0.1, 0.15) is 11.1 Å². The maximum atomic E-state index is 11.9. The Kier molecular flexibility index (Phi) is 5.88. The van der Waals surface area contributed by atoms with Gasteiger partial charge < -0.3 is 19.5 Å². The first-order valence-corrected chi connectivity index (χ1v) is 8.25. The summed E-state index contributed by atoms with van der Waals surface area (Å²) in [5.74, 6) is 1.36. The minimum Gasteiger partial charge on any atom is -0.497 e. The first kappa shape index (κ1) is 18.2. The fourth-order valence-electron chi connectivity index (χ4n) is 2.38. The number of ether oxygens (including phenoxy) is 3. The average molecular weight is 369 g/mol. The number of rotatable bonds is 7. The van der Waals surface area contributed by atoms with Gasteiger partial charge in [-0.3, -0.25) is 9.59 Å². The minimum absolute atomic E-state index is 0.159. The topological polar surface area (TPSA) is 98.2 Å². The van der Waals surface area contributed by atoms with Crippen LogP contribution >= 0.6 is 0 Å². The zero-order chi connectivity index (χ0) is 19.1. The number of amides is 2. The van der Waals surface area contributed by atoms with Crippen LogP contribution in [0, 0.1) is 0 Å². The summed E-state index contributed by atoms with van der Waals surface area (Å²) in [6.45, 7) is 0.0381. The Balaban J connectivity index is 1.40. The second kappa shape index (κ2) is 8.70. The molecule has 1 aliphatic rings. The Morgan fingerprint density at radius 1 is 1.11 bits per heavy atom. The third-order valence-electron chi connectivity index (χ3n) is 3.77. The quantitative estimate of drug-likeness (QED) is 0.565. The lowest BCUT2D eigenvalue weighted by Crippen LogP contribution is -2.35. The van der Waals surface area contributed by atoms with Gasteiger partial charge in [0.2, 0.25) is 12.7 Å². The van der Waals surface area contributed by atoms with Crippen LogP contribution in [0.4, 0.5) is 0 Å². The highest BCUT2D eigenvalue weighted by atomic mass is 16.7. The molecule has 8 nitrogen and oxygen atoms in total. The van der Waals surface area contributed by atoms with Gasteiger partial charge in [-0.1, -0.05) is 12.1 Å². The van der Waals surface area contributed by atoms with Crippen molar-refractivity contribution in [3.63, 3.8) is 0 Å². The zero-order valence-electron chi connectivity index (χ0n) is 14.7. The number of fused-ring (bicyclic) bond motifs is 1. The molecule has 3 rings (SSSR count). The van der Waals surface area contributed by atoms with Gasteiger partial charge in [-0.15, -0.1) is 0 Å². The summed E-state index contributed by atoms with van der Waals surface area (Å²) >= 11 is 0. The van der Waals surface area contributed by atoms with E-state index in [0.29, 0.717) is 11.5 Å². The molecule has 2 aromatic rings. The number of nitrogens with zero attached hydrogens (tertiary/aromatic N) is 1. The van der Waals surface area contributed by atoms with Gasteiger partial charge >= 0.3 is 0 Å². The molecule has 0 saturated heterocycles. The zero-order valence-corrected chi connectivity index (χ0v) is 14.7. The summed E-state index contributed by atoms with van der Waals surface area (Å²) in [5.41, 5.74) is 3.94. The Bertz CT molecular complexity index is 849. The van der Waals surface area contributed by atoms with E-state index in [1.54, 1.807) is 49.6 Å². The fraction of sp³-hybridized carbons (Fsp3) is 0.211. The van der Waals surface area contributed by atoms with E-state index in [2.05, 4.69) is 15.8 Å². The summed E-state index contributed by atoms with van der Waals surface area (Å²) in [4.78, 5) is 23.6. The molecule has 0 unspecified atom stereocenters. The lowest BCUT2D eigenvalue weighted by molar-refractivity contribution is -0.125. The van der Waals surface area contributed by atoms with Crippen molar-refractivity contribution in [3.8, 4) is 17.2 Å². The smallest absolute Gasteiger partial charge is 0.259 e. The van der Waals surface area contributed by atoms with Crippen molar-refractivity contribution >= 4 is 18.0 Å². The van der Waals surface area contributed by atoms with Crippen LogP contribution in [-0.2, 0) is 16.0 Å². The minimum atomic E-state index is -0.421. The van der Waals surface area contributed by atoms with Crippen LogP contribution < -0.4 is 25.0 Å². The Labute approximate surface area is 156 Å².